The van der Waals surface area contributed by atoms with Gasteiger partial charge in [0.05, 0.1) is 13.2 Å². The van der Waals surface area contributed by atoms with E-state index in [-0.39, 0.29) is 18.6 Å². The minimum atomic E-state index is -0.00898. The molecule has 0 bridgehead atoms. The van der Waals surface area contributed by atoms with Crippen LogP contribution in [0.15, 0.2) is 24.3 Å². The number of rotatable bonds is 12. The van der Waals surface area contributed by atoms with Gasteiger partial charge in [-0.05, 0) is 71.9 Å². The minimum absolute atomic E-state index is 0.00898. The van der Waals surface area contributed by atoms with Crippen molar-refractivity contribution in [2.24, 2.45) is 0 Å². The highest BCUT2D eigenvalue weighted by molar-refractivity contribution is 5.54. The van der Waals surface area contributed by atoms with Crippen molar-refractivity contribution in [3.8, 4) is 11.5 Å². The van der Waals surface area contributed by atoms with E-state index in [0.29, 0.717) is 13.2 Å². The molecule has 3 rings (SSSR count). The Morgan fingerprint density at radius 3 is 1.26 bits per heavy atom. The maximum atomic E-state index is 9.33. The van der Waals surface area contributed by atoms with Gasteiger partial charge in [-0.25, -0.2) is 0 Å². The molecule has 2 N–H and O–H groups in total. The number of hydrogen-bond donors (Lipinski definition) is 2. The molecule has 1 aliphatic rings. The quantitative estimate of drug-likeness (QED) is 0.405. The molecule has 0 amide bonds. The van der Waals surface area contributed by atoms with Gasteiger partial charge in [-0.1, -0.05) is 71.2 Å². The predicted molar refractivity (Wildman–Crippen MR) is 139 cm³/mol. The summed E-state index contributed by atoms with van der Waals surface area (Å²) in [6, 6.07) is 9.52. The molecule has 1 fully saturated rings. The van der Waals surface area contributed by atoms with Gasteiger partial charge in [0.1, 0.15) is 24.7 Å². The van der Waals surface area contributed by atoms with Crippen LogP contribution < -0.4 is 9.47 Å². The van der Waals surface area contributed by atoms with Crippen molar-refractivity contribution in [1.29, 1.82) is 0 Å². The van der Waals surface area contributed by atoms with Crippen LogP contribution in [0.5, 0.6) is 11.5 Å². The Labute approximate surface area is 206 Å². The lowest BCUT2D eigenvalue weighted by molar-refractivity contribution is 0.199. The molecule has 0 unspecified atom stereocenters. The first-order valence-electron chi connectivity index (χ1n) is 13.4. The van der Waals surface area contributed by atoms with Gasteiger partial charge in [0, 0.05) is 5.41 Å². The third-order valence-electron chi connectivity index (χ3n) is 7.50. The summed E-state index contributed by atoms with van der Waals surface area (Å²) in [5.41, 5.74) is 7.76. The summed E-state index contributed by atoms with van der Waals surface area (Å²) < 4.78 is 12.0. The molecule has 0 aliphatic heterocycles. The van der Waals surface area contributed by atoms with Gasteiger partial charge in [0.2, 0.25) is 0 Å². The molecule has 1 aliphatic carbocycles. The van der Waals surface area contributed by atoms with Gasteiger partial charge in [-0.2, -0.15) is 0 Å². The fourth-order valence-corrected chi connectivity index (χ4v) is 5.68. The van der Waals surface area contributed by atoms with Crippen LogP contribution in [-0.2, 0) is 31.1 Å². The van der Waals surface area contributed by atoms with Gasteiger partial charge in [-0.3, -0.25) is 0 Å². The van der Waals surface area contributed by atoms with Gasteiger partial charge in [-0.15, -0.1) is 0 Å². The highest BCUT2D eigenvalue weighted by atomic mass is 16.5. The Bertz CT molecular complexity index is 808. The van der Waals surface area contributed by atoms with E-state index < -0.39 is 0 Å². The lowest BCUT2D eigenvalue weighted by Gasteiger charge is -2.40. The molecule has 34 heavy (non-hydrogen) atoms. The van der Waals surface area contributed by atoms with Crippen molar-refractivity contribution in [3.05, 3.63) is 57.6 Å². The molecule has 0 aromatic heterocycles. The SMILES string of the molecule is CCc1cc(C2(c3cc(CC)c(OCCO)c(CC)c3)CCCCC2)cc(CC)c1OCCO. The summed E-state index contributed by atoms with van der Waals surface area (Å²) in [4.78, 5) is 0. The summed E-state index contributed by atoms with van der Waals surface area (Å²) >= 11 is 0. The number of ether oxygens (including phenoxy) is 2. The topological polar surface area (TPSA) is 58.9 Å². The summed E-state index contributed by atoms with van der Waals surface area (Å²) in [6.45, 7) is 9.49. The average Bonchev–Trinajstić information content (AvgIpc) is 2.89. The number of aliphatic hydroxyl groups is 2. The maximum absolute atomic E-state index is 9.33. The van der Waals surface area contributed by atoms with Crippen molar-refractivity contribution >= 4 is 0 Å². The zero-order chi connectivity index (χ0) is 24.6. The second kappa shape index (κ2) is 12.6. The minimum Gasteiger partial charge on any atom is -0.491 e. The molecular weight excluding hydrogens is 424 g/mol. The van der Waals surface area contributed by atoms with E-state index in [2.05, 4.69) is 52.0 Å². The molecule has 0 radical (unpaired) electrons. The molecule has 2 aromatic carbocycles. The van der Waals surface area contributed by atoms with Crippen molar-refractivity contribution in [3.63, 3.8) is 0 Å². The van der Waals surface area contributed by atoms with E-state index in [0.717, 1.165) is 50.0 Å². The third kappa shape index (κ3) is 5.44. The molecule has 4 heteroatoms. The van der Waals surface area contributed by atoms with Crippen molar-refractivity contribution in [2.45, 2.75) is 90.9 Å². The number of benzene rings is 2. The van der Waals surface area contributed by atoms with Crippen molar-refractivity contribution in [2.75, 3.05) is 26.4 Å². The lowest BCUT2D eigenvalue weighted by Crippen LogP contribution is -2.31. The maximum Gasteiger partial charge on any atom is 0.125 e. The zero-order valence-electron chi connectivity index (χ0n) is 21.7. The second-order valence-corrected chi connectivity index (χ2v) is 9.45. The van der Waals surface area contributed by atoms with Crippen LogP contribution in [-0.4, -0.2) is 36.6 Å². The molecule has 0 atom stereocenters. The molecule has 1 saturated carbocycles. The van der Waals surface area contributed by atoms with E-state index in [1.165, 1.54) is 52.6 Å². The standard InChI is InChI=1S/C30H44O4/c1-5-22-18-26(19-23(6-2)28(22)33-16-14-31)30(12-10-9-11-13-30)27-20-24(7-3)29(34-17-15-32)25(8-4)21-27/h18-21,31-32H,5-17H2,1-4H3. The summed E-state index contributed by atoms with van der Waals surface area (Å²) in [7, 11) is 0. The fourth-order valence-electron chi connectivity index (χ4n) is 5.68. The molecular formula is C30H44O4. The van der Waals surface area contributed by atoms with E-state index in [4.69, 9.17) is 9.47 Å². The van der Waals surface area contributed by atoms with E-state index in [9.17, 15) is 10.2 Å². The zero-order valence-corrected chi connectivity index (χ0v) is 21.7. The van der Waals surface area contributed by atoms with Crippen LogP contribution in [0.3, 0.4) is 0 Å². The molecule has 2 aromatic rings. The summed E-state index contributed by atoms with van der Waals surface area (Å²) in [5, 5.41) is 18.7. The monoisotopic (exact) mass is 468 g/mol. The van der Waals surface area contributed by atoms with Gasteiger partial charge in [0.15, 0.2) is 0 Å². The van der Waals surface area contributed by atoms with Crippen LogP contribution in [0.25, 0.3) is 0 Å². The first-order valence-corrected chi connectivity index (χ1v) is 13.4. The van der Waals surface area contributed by atoms with Crippen LogP contribution in [0.1, 0.15) is 93.2 Å². The smallest absolute Gasteiger partial charge is 0.125 e. The van der Waals surface area contributed by atoms with Gasteiger partial charge in [0.25, 0.3) is 0 Å². The van der Waals surface area contributed by atoms with Crippen LogP contribution in [0.2, 0.25) is 0 Å². The Morgan fingerprint density at radius 1 is 0.618 bits per heavy atom. The van der Waals surface area contributed by atoms with E-state index >= 15 is 0 Å². The van der Waals surface area contributed by atoms with Crippen molar-refractivity contribution in [1.82, 2.24) is 0 Å². The largest absolute Gasteiger partial charge is 0.491 e. The van der Waals surface area contributed by atoms with Crippen LogP contribution in [0.4, 0.5) is 0 Å². The molecule has 0 spiro atoms. The first kappa shape index (κ1) is 26.6. The average molecular weight is 469 g/mol. The van der Waals surface area contributed by atoms with Gasteiger partial charge < -0.3 is 19.7 Å². The Hall–Kier alpha value is -2.04. The van der Waals surface area contributed by atoms with Crippen molar-refractivity contribution < 1.29 is 19.7 Å². The highest BCUT2D eigenvalue weighted by Gasteiger charge is 2.37. The van der Waals surface area contributed by atoms with Crippen LogP contribution >= 0.6 is 0 Å². The Morgan fingerprint density at radius 2 is 0.971 bits per heavy atom. The molecule has 0 heterocycles. The predicted octanol–water partition coefficient (Wildman–Crippen LogP) is 5.93. The summed E-state index contributed by atoms with van der Waals surface area (Å²) in [6.07, 6.45) is 9.70. The Kier molecular flexibility index (Phi) is 9.85. The van der Waals surface area contributed by atoms with Crippen LogP contribution in [0, 0.1) is 0 Å². The first-order chi connectivity index (χ1) is 16.6. The normalized spacial score (nSPS) is 15.4. The Balaban J connectivity index is 2.20. The second-order valence-electron chi connectivity index (χ2n) is 9.45. The molecule has 0 saturated heterocycles. The lowest BCUT2D eigenvalue weighted by atomic mass is 9.64. The molecule has 4 nitrogen and oxygen atoms in total. The fraction of sp³-hybridized carbons (Fsp3) is 0.600. The van der Waals surface area contributed by atoms with Gasteiger partial charge >= 0.3 is 0 Å². The highest BCUT2D eigenvalue weighted by Crippen LogP contribution is 2.48. The number of aryl methyl sites for hydroxylation is 4. The van der Waals surface area contributed by atoms with E-state index in [1.807, 2.05) is 0 Å². The number of hydrogen-bond acceptors (Lipinski definition) is 4. The third-order valence-corrected chi connectivity index (χ3v) is 7.50. The van der Waals surface area contributed by atoms with E-state index in [1.54, 1.807) is 0 Å². The number of aliphatic hydroxyl groups excluding tert-OH is 2. The molecule has 188 valence electrons. The summed E-state index contributed by atoms with van der Waals surface area (Å²) in [5.74, 6) is 1.93.